The van der Waals surface area contributed by atoms with E-state index in [4.69, 9.17) is 5.26 Å². The SMILES string of the molecule is CCN(C(=O)C(=O)Nc1cccc(C#N)c1)c1cccc(C)c1. The number of nitriles is 1. The number of carbonyl (C=O) groups is 2. The first-order valence-corrected chi connectivity index (χ1v) is 7.25. The van der Waals surface area contributed by atoms with Crippen molar-refractivity contribution in [1.29, 1.82) is 5.26 Å². The molecule has 2 aromatic carbocycles. The van der Waals surface area contributed by atoms with Gasteiger partial charge in [-0.3, -0.25) is 9.59 Å². The van der Waals surface area contributed by atoms with Crippen molar-refractivity contribution in [2.45, 2.75) is 13.8 Å². The number of benzene rings is 2. The van der Waals surface area contributed by atoms with Crippen LogP contribution in [-0.2, 0) is 9.59 Å². The number of nitrogens with one attached hydrogen (secondary N) is 1. The van der Waals surface area contributed by atoms with Gasteiger partial charge in [-0.25, -0.2) is 0 Å². The molecule has 0 saturated heterocycles. The molecule has 23 heavy (non-hydrogen) atoms. The van der Waals surface area contributed by atoms with Crippen LogP contribution < -0.4 is 10.2 Å². The molecule has 0 heterocycles. The molecule has 0 bridgehead atoms. The molecular formula is C18H17N3O2. The van der Waals surface area contributed by atoms with Gasteiger partial charge in [0.05, 0.1) is 11.6 Å². The van der Waals surface area contributed by atoms with Crippen molar-refractivity contribution < 1.29 is 9.59 Å². The Balaban J connectivity index is 2.17. The minimum Gasteiger partial charge on any atom is -0.318 e. The molecule has 0 aromatic heterocycles. The van der Waals surface area contributed by atoms with E-state index in [9.17, 15) is 9.59 Å². The Hall–Kier alpha value is -3.13. The zero-order chi connectivity index (χ0) is 16.8. The fourth-order valence-electron chi connectivity index (χ4n) is 2.21. The van der Waals surface area contributed by atoms with Gasteiger partial charge in [0.2, 0.25) is 0 Å². The highest BCUT2D eigenvalue weighted by Crippen LogP contribution is 2.17. The van der Waals surface area contributed by atoms with Gasteiger partial charge >= 0.3 is 11.8 Å². The fourth-order valence-corrected chi connectivity index (χ4v) is 2.21. The lowest BCUT2D eigenvalue weighted by Crippen LogP contribution is -2.39. The second-order valence-electron chi connectivity index (χ2n) is 5.04. The summed E-state index contributed by atoms with van der Waals surface area (Å²) in [6.45, 7) is 4.12. The number of amides is 2. The van der Waals surface area contributed by atoms with Crippen LogP contribution in [0.3, 0.4) is 0 Å². The van der Waals surface area contributed by atoms with Crippen LogP contribution in [-0.4, -0.2) is 18.4 Å². The molecule has 1 N–H and O–H groups in total. The van der Waals surface area contributed by atoms with Crippen molar-refractivity contribution in [3.8, 4) is 6.07 Å². The summed E-state index contributed by atoms with van der Waals surface area (Å²) >= 11 is 0. The van der Waals surface area contributed by atoms with Crippen molar-refractivity contribution >= 4 is 23.2 Å². The van der Waals surface area contributed by atoms with Crippen LogP contribution in [0.1, 0.15) is 18.1 Å². The van der Waals surface area contributed by atoms with E-state index in [1.807, 2.05) is 38.1 Å². The smallest absolute Gasteiger partial charge is 0.316 e. The molecule has 0 atom stereocenters. The second kappa shape index (κ2) is 7.23. The highest BCUT2D eigenvalue weighted by atomic mass is 16.2. The molecule has 0 spiro atoms. The van der Waals surface area contributed by atoms with Crippen LogP contribution in [0, 0.1) is 18.3 Å². The maximum Gasteiger partial charge on any atom is 0.316 e. The summed E-state index contributed by atoms with van der Waals surface area (Å²) in [6.07, 6.45) is 0. The molecule has 0 fully saturated rings. The maximum absolute atomic E-state index is 12.4. The second-order valence-corrected chi connectivity index (χ2v) is 5.04. The monoisotopic (exact) mass is 307 g/mol. The first kappa shape index (κ1) is 16.2. The van der Waals surface area contributed by atoms with Crippen LogP contribution in [0.15, 0.2) is 48.5 Å². The van der Waals surface area contributed by atoms with E-state index in [0.29, 0.717) is 23.5 Å². The number of likely N-dealkylation sites (N-methyl/N-ethyl adjacent to an activating group) is 1. The van der Waals surface area contributed by atoms with Gasteiger partial charge in [0, 0.05) is 17.9 Å². The van der Waals surface area contributed by atoms with Crippen molar-refractivity contribution in [2.24, 2.45) is 0 Å². The molecule has 2 rings (SSSR count). The highest BCUT2D eigenvalue weighted by molar-refractivity contribution is 6.44. The maximum atomic E-state index is 12.4. The number of rotatable bonds is 3. The number of nitrogens with zero attached hydrogens (tertiary/aromatic N) is 2. The van der Waals surface area contributed by atoms with Crippen LogP contribution in [0.4, 0.5) is 11.4 Å². The van der Waals surface area contributed by atoms with E-state index >= 15 is 0 Å². The molecule has 0 aliphatic heterocycles. The standard InChI is InChI=1S/C18H17N3O2/c1-3-21(16-9-4-6-13(2)10-16)18(23)17(22)20-15-8-5-7-14(11-15)12-19/h4-11H,3H2,1-2H3,(H,20,22). The highest BCUT2D eigenvalue weighted by Gasteiger charge is 2.22. The van der Waals surface area contributed by atoms with Gasteiger partial charge in [-0.2, -0.15) is 5.26 Å². The van der Waals surface area contributed by atoms with Gasteiger partial charge in [-0.05, 0) is 49.7 Å². The summed E-state index contributed by atoms with van der Waals surface area (Å²) in [5.41, 5.74) is 2.53. The van der Waals surface area contributed by atoms with E-state index in [-0.39, 0.29) is 0 Å². The Kier molecular flexibility index (Phi) is 5.11. The van der Waals surface area contributed by atoms with Crippen LogP contribution in [0.2, 0.25) is 0 Å². The number of hydrogen-bond acceptors (Lipinski definition) is 3. The van der Waals surface area contributed by atoms with E-state index in [1.54, 1.807) is 24.3 Å². The predicted octanol–water partition coefficient (Wildman–Crippen LogP) is 2.86. The largest absolute Gasteiger partial charge is 0.318 e. The molecule has 2 aromatic rings. The van der Waals surface area contributed by atoms with E-state index in [1.165, 1.54) is 11.0 Å². The minimum absolute atomic E-state index is 0.383. The topological polar surface area (TPSA) is 73.2 Å². The summed E-state index contributed by atoms with van der Waals surface area (Å²) in [5, 5.41) is 11.4. The summed E-state index contributed by atoms with van der Waals surface area (Å²) in [4.78, 5) is 26.0. The van der Waals surface area contributed by atoms with Crippen LogP contribution in [0.5, 0.6) is 0 Å². The number of hydrogen-bond donors (Lipinski definition) is 1. The normalized spacial score (nSPS) is 9.78. The Labute approximate surface area is 135 Å². The third-order valence-corrected chi connectivity index (χ3v) is 3.32. The quantitative estimate of drug-likeness (QED) is 0.886. The van der Waals surface area contributed by atoms with Gasteiger partial charge in [0.15, 0.2) is 0 Å². The lowest BCUT2D eigenvalue weighted by molar-refractivity contribution is -0.134. The third-order valence-electron chi connectivity index (χ3n) is 3.32. The van der Waals surface area contributed by atoms with E-state index in [2.05, 4.69) is 5.32 Å². The third kappa shape index (κ3) is 3.95. The molecule has 2 amide bonds. The molecule has 5 nitrogen and oxygen atoms in total. The Bertz CT molecular complexity index is 778. The van der Waals surface area contributed by atoms with Gasteiger partial charge in [0.1, 0.15) is 0 Å². The summed E-state index contributed by atoms with van der Waals surface area (Å²) in [6, 6.07) is 15.8. The number of aryl methyl sites for hydroxylation is 1. The summed E-state index contributed by atoms with van der Waals surface area (Å²) in [5.74, 6) is -1.37. The van der Waals surface area contributed by atoms with Crippen molar-refractivity contribution in [3.05, 3.63) is 59.7 Å². The number of anilines is 2. The zero-order valence-electron chi connectivity index (χ0n) is 13.0. The molecule has 0 saturated carbocycles. The minimum atomic E-state index is -0.733. The van der Waals surface area contributed by atoms with Crippen LogP contribution >= 0.6 is 0 Å². The zero-order valence-corrected chi connectivity index (χ0v) is 13.0. The summed E-state index contributed by atoms with van der Waals surface area (Å²) < 4.78 is 0. The van der Waals surface area contributed by atoms with Gasteiger partial charge in [-0.15, -0.1) is 0 Å². The average Bonchev–Trinajstić information content (AvgIpc) is 2.55. The lowest BCUT2D eigenvalue weighted by Gasteiger charge is -2.20. The first-order chi connectivity index (χ1) is 11.0. The van der Waals surface area contributed by atoms with Crippen LogP contribution in [0.25, 0.3) is 0 Å². The van der Waals surface area contributed by atoms with Gasteiger partial charge < -0.3 is 10.2 Å². The predicted molar refractivity (Wildman–Crippen MR) is 89.0 cm³/mol. The van der Waals surface area contributed by atoms with E-state index in [0.717, 1.165) is 5.56 Å². The molecule has 0 aliphatic carbocycles. The van der Waals surface area contributed by atoms with Crippen molar-refractivity contribution in [2.75, 3.05) is 16.8 Å². The van der Waals surface area contributed by atoms with E-state index < -0.39 is 11.8 Å². The van der Waals surface area contributed by atoms with Crippen molar-refractivity contribution in [3.63, 3.8) is 0 Å². The number of carbonyl (C=O) groups excluding carboxylic acids is 2. The molecule has 5 heteroatoms. The molecule has 116 valence electrons. The average molecular weight is 307 g/mol. The molecule has 0 aliphatic rings. The Morgan fingerprint density at radius 1 is 1.17 bits per heavy atom. The summed E-state index contributed by atoms with van der Waals surface area (Å²) in [7, 11) is 0. The lowest BCUT2D eigenvalue weighted by atomic mass is 10.2. The Morgan fingerprint density at radius 2 is 1.91 bits per heavy atom. The van der Waals surface area contributed by atoms with Gasteiger partial charge in [0.25, 0.3) is 0 Å². The van der Waals surface area contributed by atoms with Crippen molar-refractivity contribution in [1.82, 2.24) is 0 Å². The molecule has 0 radical (unpaired) electrons. The molecular weight excluding hydrogens is 290 g/mol. The van der Waals surface area contributed by atoms with Gasteiger partial charge in [-0.1, -0.05) is 18.2 Å². The first-order valence-electron chi connectivity index (χ1n) is 7.25. The fraction of sp³-hybridized carbons (Fsp3) is 0.167. The Morgan fingerprint density at radius 3 is 2.57 bits per heavy atom. The molecule has 0 unspecified atom stereocenters.